The number of anilines is 1. The fourth-order valence-electron chi connectivity index (χ4n) is 3.25. The Morgan fingerprint density at radius 3 is 2.54 bits per heavy atom. The molecule has 2 aromatic carbocycles. The second-order valence-electron chi connectivity index (χ2n) is 6.34. The monoisotopic (exact) mass is 323 g/mol. The second kappa shape index (κ2) is 6.95. The van der Waals surface area contributed by atoms with Crippen LogP contribution in [-0.2, 0) is 13.6 Å². The van der Waals surface area contributed by atoms with Gasteiger partial charge >= 0.3 is 5.69 Å². The summed E-state index contributed by atoms with van der Waals surface area (Å²) in [5.74, 6) is 0. The van der Waals surface area contributed by atoms with Crippen LogP contribution in [0.2, 0.25) is 0 Å². The van der Waals surface area contributed by atoms with E-state index < -0.39 is 0 Å². The molecule has 2 N–H and O–H groups in total. The van der Waals surface area contributed by atoms with Gasteiger partial charge in [0.05, 0.1) is 11.0 Å². The number of benzene rings is 2. The highest BCUT2D eigenvalue weighted by atomic mass is 16.1. The number of aryl methyl sites for hydroxylation is 2. The Kier molecular flexibility index (Phi) is 4.74. The van der Waals surface area contributed by atoms with E-state index in [4.69, 9.17) is 5.73 Å². The van der Waals surface area contributed by atoms with Crippen molar-refractivity contribution in [2.24, 2.45) is 7.05 Å². The van der Waals surface area contributed by atoms with Gasteiger partial charge in [-0.3, -0.25) is 9.13 Å². The van der Waals surface area contributed by atoms with Crippen molar-refractivity contribution < 1.29 is 0 Å². The van der Waals surface area contributed by atoms with Crippen molar-refractivity contribution in [3.05, 3.63) is 52.9 Å². The lowest BCUT2D eigenvalue weighted by atomic mass is 10.0. The highest BCUT2D eigenvalue weighted by molar-refractivity contribution is 5.86. The first-order valence-electron chi connectivity index (χ1n) is 8.67. The molecule has 0 amide bonds. The van der Waals surface area contributed by atoms with Crippen LogP contribution in [0.15, 0.2) is 47.3 Å². The smallest absolute Gasteiger partial charge is 0.328 e. The van der Waals surface area contributed by atoms with E-state index in [1.165, 1.54) is 12.8 Å². The molecule has 4 heteroatoms. The van der Waals surface area contributed by atoms with E-state index in [0.717, 1.165) is 47.2 Å². The second-order valence-corrected chi connectivity index (χ2v) is 6.34. The molecule has 1 aromatic heterocycles. The van der Waals surface area contributed by atoms with Crippen LogP contribution in [0.5, 0.6) is 0 Å². The van der Waals surface area contributed by atoms with Crippen LogP contribution in [0, 0.1) is 0 Å². The molecule has 0 bridgehead atoms. The standard InChI is InChI=1S/C20H25N3O/c1-3-4-5-8-13-23-18-12-11-15(14-19(18)22(2)20(23)24)16-9-6-7-10-17(16)21/h6-7,9-12,14H,3-5,8,13,21H2,1-2H3. The Balaban J connectivity index is 2.01. The minimum Gasteiger partial charge on any atom is -0.398 e. The molecule has 126 valence electrons. The molecular formula is C20H25N3O. The lowest BCUT2D eigenvalue weighted by molar-refractivity contribution is 0.573. The summed E-state index contributed by atoms with van der Waals surface area (Å²) in [5.41, 5.74) is 10.9. The van der Waals surface area contributed by atoms with Gasteiger partial charge in [0.25, 0.3) is 0 Å². The summed E-state index contributed by atoms with van der Waals surface area (Å²) in [5, 5.41) is 0. The Hall–Kier alpha value is -2.49. The van der Waals surface area contributed by atoms with Crippen LogP contribution in [0.3, 0.4) is 0 Å². The number of aromatic nitrogens is 2. The molecule has 24 heavy (non-hydrogen) atoms. The average molecular weight is 323 g/mol. The molecule has 4 nitrogen and oxygen atoms in total. The molecule has 0 unspecified atom stereocenters. The van der Waals surface area contributed by atoms with Crippen molar-refractivity contribution in [2.75, 3.05) is 5.73 Å². The highest BCUT2D eigenvalue weighted by Crippen LogP contribution is 2.28. The summed E-state index contributed by atoms with van der Waals surface area (Å²) < 4.78 is 3.63. The normalized spacial score (nSPS) is 11.2. The van der Waals surface area contributed by atoms with Gasteiger partial charge in [-0.1, -0.05) is 50.5 Å². The number of nitrogen functional groups attached to an aromatic ring is 1. The van der Waals surface area contributed by atoms with Crippen molar-refractivity contribution in [1.29, 1.82) is 0 Å². The maximum atomic E-state index is 12.6. The molecule has 0 spiro atoms. The molecule has 1 heterocycles. The van der Waals surface area contributed by atoms with Gasteiger partial charge in [-0.25, -0.2) is 4.79 Å². The average Bonchev–Trinajstić information content (AvgIpc) is 2.83. The third kappa shape index (κ3) is 2.96. The minimum absolute atomic E-state index is 0.0553. The summed E-state index contributed by atoms with van der Waals surface area (Å²) in [6.07, 6.45) is 4.63. The van der Waals surface area contributed by atoms with Crippen molar-refractivity contribution in [3.63, 3.8) is 0 Å². The van der Waals surface area contributed by atoms with Crippen molar-refractivity contribution in [1.82, 2.24) is 9.13 Å². The van der Waals surface area contributed by atoms with Crippen molar-refractivity contribution >= 4 is 16.7 Å². The van der Waals surface area contributed by atoms with Crippen LogP contribution < -0.4 is 11.4 Å². The zero-order valence-corrected chi connectivity index (χ0v) is 14.5. The van der Waals surface area contributed by atoms with Gasteiger partial charge < -0.3 is 5.73 Å². The van der Waals surface area contributed by atoms with E-state index in [-0.39, 0.29) is 5.69 Å². The largest absolute Gasteiger partial charge is 0.398 e. The first kappa shape index (κ1) is 16.4. The predicted octanol–water partition coefficient (Wildman–Crippen LogP) is 4.17. The van der Waals surface area contributed by atoms with Gasteiger partial charge in [-0.15, -0.1) is 0 Å². The predicted molar refractivity (Wildman–Crippen MR) is 101 cm³/mol. The van der Waals surface area contributed by atoms with E-state index in [0.29, 0.717) is 0 Å². The summed E-state index contributed by atoms with van der Waals surface area (Å²) in [6.45, 7) is 2.98. The van der Waals surface area contributed by atoms with Gasteiger partial charge in [0.15, 0.2) is 0 Å². The molecule has 0 aliphatic carbocycles. The van der Waals surface area contributed by atoms with Crippen molar-refractivity contribution in [3.8, 4) is 11.1 Å². The van der Waals surface area contributed by atoms with Gasteiger partial charge in [0, 0.05) is 24.8 Å². The van der Waals surface area contributed by atoms with Gasteiger partial charge in [0.1, 0.15) is 0 Å². The minimum atomic E-state index is 0.0553. The van der Waals surface area contributed by atoms with E-state index in [2.05, 4.69) is 19.1 Å². The first-order valence-corrected chi connectivity index (χ1v) is 8.67. The number of fused-ring (bicyclic) bond motifs is 1. The first-order chi connectivity index (χ1) is 11.6. The van der Waals surface area contributed by atoms with Crippen molar-refractivity contribution in [2.45, 2.75) is 39.2 Å². The van der Waals surface area contributed by atoms with Crippen LogP contribution in [0.1, 0.15) is 32.6 Å². The van der Waals surface area contributed by atoms with Crippen LogP contribution in [-0.4, -0.2) is 9.13 Å². The Morgan fingerprint density at radius 2 is 1.79 bits per heavy atom. The number of unbranched alkanes of at least 4 members (excludes halogenated alkanes) is 3. The molecule has 3 rings (SSSR count). The Labute approximate surface area is 142 Å². The summed E-state index contributed by atoms with van der Waals surface area (Å²) >= 11 is 0. The summed E-state index contributed by atoms with van der Waals surface area (Å²) in [6, 6.07) is 14.0. The number of rotatable bonds is 6. The SMILES string of the molecule is CCCCCCn1c(=O)n(C)c2cc(-c3ccccc3N)ccc21. The van der Waals surface area contributed by atoms with Crippen LogP contribution in [0.4, 0.5) is 5.69 Å². The lowest BCUT2D eigenvalue weighted by Gasteiger charge is -2.07. The molecular weight excluding hydrogens is 298 g/mol. The fraction of sp³-hybridized carbons (Fsp3) is 0.350. The quantitative estimate of drug-likeness (QED) is 0.547. The number of nitrogens with two attached hydrogens (primary N) is 1. The zero-order chi connectivity index (χ0) is 17.1. The zero-order valence-electron chi connectivity index (χ0n) is 14.5. The Morgan fingerprint density at radius 1 is 1.00 bits per heavy atom. The molecule has 0 radical (unpaired) electrons. The molecule has 0 aliphatic rings. The number of nitrogens with zero attached hydrogens (tertiary/aromatic N) is 2. The third-order valence-corrected chi connectivity index (χ3v) is 4.65. The molecule has 0 aliphatic heterocycles. The third-order valence-electron chi connectivity index (χ3n) is 4.65. The molecule has 0 saturated carbocycles. The molecule has 3 aromatic rings. The van der Waals surface area contributed by atoms with E-state index in [1.807, 2.05) is 41.9 Å². The number of imidazole rings is 1. The molecule has 0 atom stereocenters. The van der Waals surface area contributed by atoms with E-state index in [9.17, 15) is 4.79 Å². The van der Waals surface area contributed by atoms with Gasteiger partial charge in [-0.05, 0) is 30.2 Å². The molecule has 0 saturated heterocycles. The van der Waals surface area contributed by atoms with E-state index >= 15 is 0 Å². The van der Waals surface area contributed by atoms with Crippen LogP contribution in [0.25, 0.3) is 22.2 Å². The maximum absolute atomic E-state index is 12.6. The number of hydrogen-bond donors (Lipinski definition) is 1. The summed E-state index contributed by atoms with van der Waals surface area (Å²) in [7, 11) is 1.84. The topological polar surface area (TPSA) is 53.0 Å². The number of para-hydroxylation sites is 1. The van der Waals surface area contributed by atoms with E-state index in [1.54, 1.807) is 4.57 Å². The lowest BCUT2D eigenvalue weighted by Crippen LogP contribution is -2.22. The van der Waals surface area contributed by atoms with Gasteiger partial charge in [-0.2, -0.15) is 0 Å². The van der Waals surface area contributed by atoms with Gasteiger partial charge in [0.2, 0.25) is 0 Å². The van der Waals surface area contributed by atoms with Crippen LogP contribution >= 0.6 is 0 Å². The highest BCUT2D eigenvalue weighted by Gasteiger charge is 2.12. The fourth-order valence-corrected chi connectivity index (χ4v) is 3.25. The molecule has 0 fully saturated rings. The summed E-state index contributed by atoms with van der Waals surface area (Å²) in [4.78, 5) is 12.6. The number of hydrogen-bond acceptors (Lipinski definition) is 2. The Bertz CT molecular complexity index is 905. The maximum Gasteiger partial charge on any atom is 0.328 e.